The number of rotatable bonds is 7. The van der Waals surface area contributed by atoms with Crippen LogP contribution >= 0.6 is 0 Å². The fourth-order valence-corrected chi connectivity index (χ4v) is 5.05. The molecule has 34 heavy (non-hydrogen) atoms. The molecule has 0 fully saturated rings. The van der Waals surface area contributed by atoms with Crippen LogP contribution in [0.2, 0.25) is 0 Å². The number of carbonyl (C=O) groups is 1. The largest absolute Gasteiger partial charge is 0.508 e. The van der Waals surface area contributed by atoms with Crippen LogP contribution in [0.3, 0.4) is 0 Å². The summed E-state index contributed by atoms with van der Waals surface area (Å²) in [6.07, 6.45) is 0.858. The molecule has 2 aliphatic rings. The molecular formula is C27H26O7. The molecule has 1 aliphatic carbocycles. The maximum absolute atomic E-state index is 12.8. The van der Waals surface area contributed by atoms with Crippen molar-refractivity contribution in [3.63, 3.8) is 0 Å². The van der Waals surface area contributed by atoms with E-state index in [1.54, 1.807) is 12.1 Å². The summed E-state index contributed by atoms with van der Waals surface area (Å²) in [5, 5.41) is 21.3. The molecule has 0 amide bonds. The summed E-state index contributed by atoms with van der Waals surface area (Å²) in [6, 6.07) is 16.3. The summed E-state index contributed by atoms with van der Waals surface area (Å²) in [4.78, 5) is 12.8. The molecule has 3 aromatic rings. The molecule has 3 aromatic carbocycles. The Morgan fingerprint density at radius 3 is 2.44 bits per heavy atom. The van der Waals surface area contributed by atoms with Crippen molar-refractivity contribution < 1.29 is 34.0 Å². The van der Waals surface area contributed by atoms with Gasteiger partial charge in [-0.15, -0.1) is 0 Å². The summed E-state index contributed by atoms with van der Waals surface area (Å²) in [5.74, 6) is -0.428. The number of benzene rings is 3. The van der Waals surface area contributed by atoms with Gasteiger partial charge < -0.3 is 29.2 Å². The summed E-state index contributed by atoms with van der Waals surface area (Å²) >= 11 is 0. The van der Waals surface area contributed by atoms with Crippen LogP contribution in [0.15, 0.2) is 54.6 Å². The maximum atomic E-state index is 12.8. The Balaban J connectivity index is 1.68. The second kappa shape index (κ2) is 8.82. The molecular weight excluding hydrogens is 436 g/mol. The molecule has 5 rings (SSSR count). The van der Waals surface area contributed by atoms with Crippen LogP contribution in [0, 0.1) is 5.92 Å². The van der Waals surface area contributed by atoms with Gasteiger partial charge in [0.1, 0.15) is 17.2 Å². The first-order chi connectivity index (χ1) is 16.5. The van der Waals surface area contributed by atoms with Crippen molar-refractivity contribution in [3.05, 3.63) is 76.9 Å². The lowest BCUT2D eigenvalue weighted by molar-refractivity contribution is -0.142. The highest BCUT2D eigenvalue weighted by molar-refractivity contribution is 5.78. The van der Waals surface area contributed by atoms with Gasteiger partial charge in [0.25, 0.3) is 0 Å². The minimum absolute atomic E-state index is 0.00670. The number of hydrogen-bond donors (Lipinski definition) is 2. The number of ether oxygens (including phenoxy) is 4. The fraction of sp³-hybridized carbons (Fsp3) is 0.296. The number of hydrogen-bond acceptors (Lipinski definition) is 6. The van der Waals surface area contributed by atoms with E-state index >= 15 is 0 Å². The number of phenols is 1. The molecule has 2 N–H and O–H groups in total. The standard InChI is InChI=1S/C27H26O7/c1-3-10-32-17-6-7-18-20(12-17)25(19-8-5-16(31-2)13-21(19)28)26(27(29)30)24(18)15-4-9-22-23(11-15)34-14-33-22/h4-9,11-13,24-26,28H,3,10,14H2,1-2H3,(H,29,30). The van der Waals surface area contributed by atoms with Gasteiger partial charge in [-0.25, -0.2) is 0 Å². The van der Waals surface area contributed by atoms with E-state index < -0.39 is 23.7 Å². The molecule has 3 atom stereocenters. The molecule has 0 radical (unpaired) electrons. The molecule has 3 unspecified atom stereocenters. The Hall–Kier alpha value is -3.87. The number of carboxylic acid groups (broad SMARTS) is 1. The van der Waals surface area contributed by atoms with Crippen molar-refractivity contribution in [1.29, 1.82) is 0 Å². The summed E-state index contributed by atoms with van der Waals surface area (Å²) < 4.78 is 22.1. The molecule has 0 saturated carbocycles. The highest BCUT2D eigenvalue weighted by Gasteiger charge is 2.47. The minimum Gasteiger partial charge on any atom is -0.508 e. The van der Waals surface area contributed by atoms with Gasteiger partial charge in [-0.3, -0.25) is 4.79 Å². The van der Waals surface area contributed by atoms with Gasteiger partial charge in [0, 0.05) is 23.5 Å². The van der Waals surface area contributed by atoms with Crippen LogP contribution in [0.1, 0.15) is 47.4 Å². The maximum Gasteiger partial charge on any atom is 0.308 e. The van der Waals surface area contributed by atoms with Crippen molar-refractivity contribution in [2.75, 3.05) is 20.5 Å². The van der Waals surface area contributed by atoms with Crippen LogP contribution in [0.5, 0.6) is 28.7 Å². The summed E-state index contributed by atoms with van der Waals surface area (Å²) in [5.41, 5.74) is 3.06. The lowest BCUT2D eigenvalue weighted by atomic mass is 9.79. The quantitative estimate of drug-likeness (QED) is 0.516. The third-order valence-corrected chi connectivity index (χ3v) is 6.53. The van der Waals surface area contributed by atoms with Crippen LogP contribution in [0.4, 0.5) is 0 Å². The molecule has 0 spiro atoms. The van der Waals surface area contributed by atoms with E-state index in [9.17, 15) is 15.0 Å². The van der Waals surface area contributed by atoms with E-state index in [0.717, 1.165) is 23.1 Å². The van der Waals surface area contributed by atoms with Gasteiger partial charge >= 0.3 is 5.97 Å². The number of methoxy groups -OCH3 is 1. The number of aliphatic carboxylic acids is 1. The number of fused-ring (bicyclic) bond motifs is 2. The monoisotopic (exact) mass is 462 g/mol. The van der Waals surface area contributed by atoms with E-state index in [-0.39, 0.29) is 12.5 Å². The molecule has 0 aromatic heterocycles. The van der Waals surface area contributed by atoms with E-state index in [0.29, 0.717) is 35.2 Å². The lowest BCUT2D eigenvalue weighted by Gasteiger charge is -2.23. The zero-order valence-corrected chi connectivity index (χ0v) is 19.0. The van der Waals surface area contributed by atoms with Gasteiger partial charge in [0.15, 0.2) is 11.5 Å². The fourth-order valence-electron chi connectivity index (χ4n) is 5.05. The van der Waals surface area contributed by atoms with Crippen molar-refractivity contribution in [3.8, 4) is 28.7 Å². The number of aromatic hydroxyl groups is 1. The average molecular weight is 462 g/mol. The first kappa shape index (κ1) is 21.9. The molecule has 1 aliphatic heterocycles. The van der Waals surface area contributed by atoms with Gasteiger partial charge in [-0.05, 0) is 53.4 Å². The molecule has 176 valence electrons. The minimum atomic E-state index is -0.949. The van der Waals surface area contributed by atoms with E-state index in [2.05, 4.69) is 0 Å². The van der Waals surface area contributed by atoms with Crippen LogP contribution < -0.4 is 18.9 Å². The molecule has 0 saturated heterocycles. The van der Waals surface area contributed by atoms with Crippen molar-refractivity contribution in [2.24, 2.45) is 5.92 Å². The molecule has 1 heterocycles. The van der Waals surface area contributed by atoms with Crippen molar-refractivity contribution in [2.45, 2.75) is 25.2 Å². The van der Waals surface area contributed by atoms with Crippen molar-refractivity contribution in [1.82, 2.24) is 0 Å². The second-order valence-corrected chi connectivity index (χ2v) is 8.50. The Morgan fingerprint density at radius 1 is 0.941 bits per heavy atom. The Labute approximate surface area is 197 Å². The predicted octanol–water partition coefficient (Wildman–Crippen LogP) is 4.90. The smallest absolute Gasteiger partial charge is 0.308 e. The van der Waals surface area contributed by atoms with Gasteiger partial charge in [-0.1, -0.05) is 25.1 Å². The topological polar surface area (TPSA) is 94.5 Å². The molecule has 0 bridgehead atoms. The molecule has 7 nitrogen and oxygen atoms in total. The Morgan fingerprint density at radius 2 is 1.71 bits per heavy atom. The number of phenolic OH excluding ortho intramolecular Hbond substituents is 1. The van der Waals surface area contributed by atoms with Gasteiger partial charge in [-0.2, -0.15) is 0 Å². The van der Waals surface area contributed by atoms with E-state index in [1.807, 2.05) is 43.3 Å². The normalized spacial score (nSPS) is 20.1. The number of carboxylic acids is 1. The zero-order valence-electron chi connectivity index (χ0n) is 19.0. The molecule has 7 heteroatoms. The van der Waals surface area contributed by atoms with Gasteiger partial charge in [0.05, 0.1) is 19.6 Å². The highest BCUT2D eigenvalue weighted by Crippen LogP contribution is 2.55. The summed E-state index contributed by atoms with van der Waals surface area (Å²) in [6.45, 7) is 2.73. The first-order valence-corrected chi connectivity index (χ1v) is 11.3. The lowest BCUT2D eigenvalue weighted by Crippen LogP contribution is -2.24. The van der Waals surface area contributed by atoms with Crippen LogP contribution in [-0.4, -0.2) is 36.7 Å². The second-order valence-electron chi connectivity index (χ2n) is 8.50. The predicted molar refractivity (Wildman–Crippen MR) is 124 cm³/mol. The third kappa shape index (κ3) is 3.67. The van der Waals surface area contributed by atoms with Crippen LogP contribution in [-0.2, 0) is 4.79 Å². The summed E-state index contributed by atoms with van der Waals surface area (Å²) in [7, 11) is 1.52. The van der Waals surface area contributed by atoms with E-state index in [4.69, 9.17) is 18.9 Å². The van der Waals surface area contributed by atoms with Crippen molar-refractivity contribution >= 4 is 5.97 Å². The first-order valence-electron chi connectivity index (χ1n) is 11.3. The van der Waals surface area contributed by atoms with E-state index in [1.165, 1.54) is 13.2 Å². The van der Waals surface area contributed by atoms with Gasteiger partial charge in [0.2, 0.25) is 6.79 Å². The average Bonchev–Trinajstić information content (AvgIpc) is 3.44. The third-order valence-electron chi connectivity index (χ3n) is 6.53. The zero-order chi connectivity index (χ0) is 23.8. The highest BCUT2D eigenvalue weighted by atomic mass is 16.7. The van der Waals surface area contributed by atoms with Crippen LogP contribution in [0.25, 0.3) is 0 Å². The SMILES string of the molecule is CCCOc1ccc2c(c1)C(c1ccc(OC)cc1O)C(C(=O)O)C2c1ccc2c(c1)OCO2. The Bertz CT molecular complexity index is 1240. The Kier molecular flexibility index (Phi) is 5.69.